The Bertz CT molecular complexity index is 3920. The van der Waals surface area contributed by atoms with Gasteiger partial charge in [0.2, 0.25) is 0 Å². The number of benzene rings is 7. The molecule has 290 valence electrons. The predicted octanol–water partition coefficient (Wildman–Crippen LogP) is 13.9. The van der Waals surface area contributed by atoms with Gasteiger partial charge in [0.15, 0.2) is 0 Å². The van der Waals surface area contributed by atoms with Gasteiger partial charge in [-0.2, -0.15) is 4.37 Å². The molecule has 0 bridgehead atoms. The van der Waals surface area contributed by atoms with Crippen LogP contribution in [0.1, 0.15) is 17.0 Å². The van der Waals surface area contributed by atoms with Crippen LogP contribution in [0.15, 0.2) is 174 Å². The van der Waals surface area contributed by atoms with E-state index in [1.165, 1.54) is 22.5 Å². The molecule has 12 aromatic rings. The molecule has 9 heteroatoms. The first-order valence-electron chi connectivity index (χ1n) is 20.7. The molecule has 1 unspecified atom stereocenters. The molecular weight excluding hydrogens is 783 g/mol. The molecule has 1 aliphatic carbocycles. The van der Waals surface area contributed by atoms with Gasteiger partial charge >= 0.3 is 0 Å². The molecule has 2 aliphatic rings. The van der Waals surface area contributed by atoms with Crippen molar-refractivity contribution in [3.8, 4) is 45.0 Å². The fraction of sp³-hybridized carbons (Fsp3) is 0.0189. The summed E-state index contributed by atoms with van der Waals surface area (Å²) in [6.07, 6.45) is 8.35. The van der Waals surface area contributed by atoms with Gasteiger partial charge in [-0.15, -0.1) is 0 Å². The number of para-hydroxylation sites is 5. The maximum absolute atomic E-state index is 5.51. The van der Waals surface area contributed by atoms with E-state index in [-0.39, 0.29) is 5.92 Å². The maximum atomic E-state index is 5.51. The molecule has 62 heavy (non-hydrogen) atoms. The molecule has 6 heterocycles. The third kappa shape index (κ3) is 4.65. The lowest BCUT2D eigenvalue weighted by Gasteiger charge is -2.25. The van der Waals surface area contributed by atoms with Crippen LogP contribution < -0.4 is 0 Å². The summed E-state index contributed by atoms with van der Waals surface area (Å²) in [7, 11) is 0. The van der Waals surface area contributed by atoms with Crippen LogP contribution >= 0.6 is 11.5 Å². The van der Waals surface area contributed by atoms with Crippen LogP contribution in [0.5, 0.6) is 0 Å². The van der Waals surface area contributed by atoms with Crippen LogP contribution in [0.2, 0.25) is 0 Å². The van der Waals surface area contributed by atoms with Crippen LogP contribution in [0, 0.1) is 0 Å². The summed E-state index contributed by atoms with van der Waals surface area (Å²) in [5.41, 5.74) is 17.8. The lowest BCUT2D eigenvalue weighted by Crippen LogP contribution is -2.13. The van der Waals surface area contributed by atoms with Crippen molar-refractivity contribution in [1.29, 1.82) is 0 Å². The number of nitrogens with one attached hydrogen (secondary N) is 3. The number of aliphatic imine (C=N–C) groups is 1. The highest BCUT2D eigenvalue weighted by Gasteiger charge is 2.37. The van der Waals surface area contributed by atoms with Gasteiger partial charge in [0.05, 0.1) is 43.9 Å². The molecule has 7 aromatic carbocycles. The number of aromatic amines is 3. The Hall–Kier alpha value is -8.14. The minimum absolute atomic E-state index is 0.00940. The minimum Gasteiger partial charge on any atom is -0.364 e. The Kier molecular flexibility index (Phi) is 6.89. The van der Waals surface area contributed by atoms with Crippen LogP contribution in [0.4, 0.5) is 5.69 Å². The SMILES string of the molecule is C1=CC2C(=Nc3ccccc32)C(c2c(-c3cccc4c3[nH]c3ccccc34)c(-c3nc4ccccc4[nH]3)c(-c3nsc4ccccc34)c3c2[nH]c2cccc(-c4ccon4)c23)=C1. The third-order valence-electron chi connectivity index (χ3n) is 12.8. The van der Waals surface area contributed by atoms with Crippen LogP contribution in [-0.4, -0.2) is 35.2 Å². The fourth-order valence-electron chi connectivity index (χ4n) is 10.2. The largest absolute Gasteiger partial charge is 0.364 e. The van der Waals surface area contributed by atoms with E-state index in [1.54, 1.807) is 6.26 Å². The van der Waals surface area contributed by atoms with Gasteiger partial charge in [-0.25, -0.2) is 4.98 Å². The monoisotopic (exact) mass is 813 g/mol. The Balaban J connectivity index is 1.26. The number of H-pyrrole nitrogens is 3. The summed E-state index contributed by atoms with van der Waals surface area (Å²) in [5.74, 6) is 0.739. The Morgan fingerprint density at radius 3 is 2.27 bits per heavy atom. The molecule has 0 saturated carbocycles. The molecule has 8 nitrogen and oxygen atoms in total. The van der Waals surface area contributed by atoms with Gasteiger partial charge in [-0.05, 0) is 53.5 Å². The highest BCUT2D eigenvalue weighted by atomic mass is 32.1. The number of imidazole rings is 1. The Labute approximate surface area is 356 Å². The lowest BCUT2D eigenvalue weighted by molar-refractivity contribution is 0.422. The minimum atomic E-state index is -0.00940. The third-order valence-corrected chi connectivity index (χ3v) is 13.6. The summed E-state index contributed by atoms with van der Waals surface area (Å²) in [6.45, 7) is 0. The standard InChI is InChI=1S/C53H31N7OS/c1-4-20-36-28(12-1)30-15-9-18-34(49(30)54-36)44-45(35-19-10-16-31-29-13-2-5-21-37(29)55-50(31)35)52-46(43-32(38-26-27-61-59-38)17-11-24-41(43)56-52)47(51-33-14-3-8-25-42(33)62-60-51)48(44)53-57-39-22-6-7-23-40(39)58-53/h1-27,31,54,56H,(H,57,58). The van der Waals surface area contributed by atoms with Crippen molar-refractivity contribution in [1.82, 2.24) is 29.5 Å². The van der Waals surface area contributed by atoms with Gasteiger partial charge in [0.1, 0.15) is 17.8 Å². The number of hydrogen-bond acceptors (Lipinski definition) is 6. The first-order valence-corrected chi connectivity index (χ1v) is 21.5. The highest BCUT2D eigenvalue weighted by Crippen LogP contribution is 2.56. The predicted molar refractivity (Wildman–Crippen MR) is 253 cm³/mol. The molecule has 0 saturated heterocycles. The van der Waals surface area contributed by atoms with Crippen molar-refractivity contribution in [2.75, 3.05) is 0 Å². The molecule has 1 atom stereocenters. The van der Waals surface area contributed by atoms with E-state index in [1.807, 2.05) is 12.1 Å². The van der Waals surface area contributed by atoms with E-state index in [0.29, 0.717) is 0 Å². The lowest BCUT2D eigenvalue weighted by atomic mass is 9.78. The van der Waals surface area contributed by atoms with Crippen molar-refractivity contribution < 1.29 is 4.52 Å². The zero-order chi connectivity index (χ0) is 40.5. The normalized spacial score (nSPS) is 14.7. The van der Waals surface area contributed by atoms with Crippen molar-refractivity contribution >= 4 is 93.2 Å². The highest BCUT2D eigenvalue weighted by molar-refractivity contribution is 7.13. The number of nitrogens with zero attached hydrogens (tertiary/aromatic N) is 4. The maximum Gasteiger partial charge on any atom is 0.139 e. The number of aromatic nitrogens is 6. The second kappa shape index (κ2) is 12.7. The molecule has 5 aromatic heterocycles. The molecule has 3 N–H and O–H groups in total. The van der Waals surface area contributed by atoms with E-state index in [2.05, 4.69) is 166 Å². The van der Waals surface area contributed by atoms with Gasteiger partial charge in [0, 0.05) is 88.9 Å². The van der Waals surface area contributed by atoms with Crippen molar-refractivity contribution in [3.63, 3.8) is 0 Å². The van der Waals surface area contributed by atoms with Crippen molar-refractivity contribution in [2.24, 2.45) is 4.99 Å². The molecule has 1 aliphatic heterocycles. The summed E-state index contributed by atoms with van der Waals surface area (Å²) in [5, 5.41) is 9.94. The van der Waals surface area contributed by atoms with E-state index >= 15 is 0 Å². The Morgan fingerprint density at radius 1 is 0.581 bits per heavy atom. The number of fused-ring (bicyclic) bond motifs is 11. The topological polar surface area (TPSA) is 112 Å². The van der Waals surface area contributed by atoms with Gasteiger partial charge in [-0.3, -0.25) is 4.99 Å². The Morgan fingerprint density at radius 2 is 1.35 bits per heavy atom. The zero-order valence-electron chi connectivity index (χ0n) is 32.8. The number of rotatable bonds is 5. The van der Waals surface area contributed by atoms with E-state index < -0.39 is 0 Å². The second-order valence-corrected chi connectivity index (χ2v) is 16.8. The molecular formula is C53H31N7OS. The fourth-order valence-corrected chi connectivity index (χ4v) is 10.9. The molecule has 0 fully saturated rings. The average Bonchev–Trinajstić information content (AvgIpc) is 4.18. The van der Waals surface area contributed by atoms with Crippen LogP contribution in [-0.2, 0) is 0 Å². The molecule has 0 radical (unpaired) electrons. The van der Waals surface area contributed by atoms with Crippen molar-refractivity contribution in [3.05, 3.63) is 175 Å². The van der Waals surface area contributed by atoms with E-state index in [0.717, 1.165) is 127 Å². The number of hydrogen-bond donors (Lipinski definition) is 3. The summed E-state index contributed by atoms with van der Waals surface area (Å²) >= 11 is 1.52. The second-order valence-electron chi connectivity index (χ2n) is 16.0. The first kappa shape index (κ1) is 33.7. The van der Waals surface area contributed by atoms with E-state index in [4.69, 9.17) is 18.9 Å². The molecule has 0 spiro atoms. The zero-order valence-corrected chi connectivity index (χ0v) is 33.6. The van der Waals surface area contributed by atoms with Crippen molar-refractivity contribution in [2.45, 2.75) is 5.92 Å². The molecule has 0 amide bonds. The number of allylic oxidation sites excluding steroid dienone is 4. The summed E-state index contributed by atoms with van der Waals surface area (Å²) in [4.78, 5) is 22.7. The summed E-state index contributed by atoms with van der Waals surface area (Å²) < 4.78 is 12.0. The van der Waals surface area contributed by atoms with Gasteiger partial charge in [-0.1, -0.05) is 120 Å². The van der Waals surface area contributed by atoms with Gasteiger partial charge < -0.3 is 19.5 Å². The smallest absolute Gasteiger partial charge is 0.139 e. The first-order chi connectivity index (χ1) is 30.8. The van der Waals surface area contributed by atoms with Gasteiger partial charge in [0.25, 0.3) is 0 Å². The molecule has 14 rings (SSSR count). The van der Waals surface area contributed by atoms with Crippen LogP contribution in [0.3, 0.4) is 0 Å². The summed E-state index contributed by atoms with van der Waals surface area (Å²) in [6, 6.07) is 48.8. The average molecular weight is 814 g/mol. The quantitative estimate of drug-likeness (QED) is 0.161. The van der Waals surface area contributed by atoms with Crippen LogP contribution in [0.25, 0.3) is 115 Å². The van der Waals surface area contributed by atoms with E-state index in [9.17, 15) is 0 Å².